The monoisotopic (exact) mass is 508 g/mol. The number of carbonyl (C=O) groups excluding carboxylic acids is 1. The van der Waals surface area contributed by atoms with Crippen molar-refractivity contribution in [3.8, 4) is 5.75 Å². The first-order valence-electron chi connectivity index (χ1n) is 11.8. The smallest absolute Gasteiger partial charge is 0.296 e. The van der Waals surface area contributed by atoms with E-state index in [9.17, 15) is 9.59 Å². The van der Waals surface area contributed by atoms with Gasteiger partial charge in [0.25, 0.3) is 5.91 Å². The number of aryl methyl sites for hydroxylation is 1. The lowest BCUT2D eigenvalue weighted by atomic mass is 9.98. The molecule has 0 spiro atoms. The van der Waals surface area contributed by atoms with Crippen LogP contribution in [0.4, 0.5) is 5.82 Å². The van der Waals surface area contributed by atoms with Crippen LogP contribution in [-0.2, 0) is 6.61 Å². The van der Waals surface area contributed by atoms with Crippen molar-refractivity contribution in [3.63, 3.8) is 0 Å². The molecule has 5 aromatic rings. The van der Waals surface area contributed by atoms with E-state index in [4.69, 9.17) is 20.8 Å². The fourth-order valence-electron chi connectivity index (χ4n) is 4.67. The first-order chi connectivity index (χ1) is 18.0. The molecule has 1 aliphatic rings. The van der Waals surface area contributed by atoms with Crippen molar-refractivity contribution >= 4 is 34.3 Å². The molecule has 2 aromatic heterocycles. The number of nitrogens with zero attached hydrogens (tertiary/aromatic N) is 2. The van der Waals surface area contributed by atoms with Crippen LogP contribution >= 0.6 is 11.6 Å². The van der Waals surface area contributed by atoms with Crippen LogP contribution in [0.1, 0.15) is 39.0 Å². The third kappa shape index (κ3) is 4.15. The minimum absolute atomic E-state index is 0.00346. The lowest BCUT2D eigenvalue weighted by Gasteiger charge is -2.24. The summed E-state index contributed by atoms with van der Waals surface area (Å²) in [6.45, 7) is 2.24. The molecule has 1 unspecified atom stereocenters. The Hall–Kier alpha value is -4.42. The number of amides is 1. The van der Waals surface area contributed by atoms with Gasteiger partial charge >= 0.3 is 0 Å². The molecule has 182 valence electrons. The van der Waals surface area contributed by atoms with Gasteiger partial charge in [-0.3, -0.25) is 14.5 Å². The summed E-state index contributed by atoms with van der Waals surface area (Å²) in [5, 5.41) is 0.730. The van der Waals surface area contributed by atoms with E-state index in [0.717, 1.165) is 11.3 Å². The van der Waals surface area contributed by atoms with Crippen LogP contribution in [0.5, 0.6) is 5.75 Å². The molecule has 3 heterocycles. The predicted octanol–water partition coefficient (Wildman–Crippen LogP) is 6.48. The first-order valence-corrected chi connectivity index (χ1v) is 12.2. The number of ether oxygens (including phenoxy) is 1. The molecular formula is C30H21ClN2O4. The second kappa shape index (κ2) is 9.22. The molecule has 6 nitrogen and oxygen atoms in total. The Bertz CT molecular complexity index is 1710. The van der Waals surface area contributed by atoms with Crippen molar-refractivity contribution in [2.24, 2.45) is 0 Å². The van der Waals surface area contributed by atoms with Crippen molar-refractivity contribution in [3.05, 3.63) is 134 Å². The number of benzene rings is 3. The SMILES string of the molecule is Cc1cccc(N2C(=O)c3oc4ccc(Cl)cc4c(=O)c3C2c2cccc(OCc3ccccc3)c2)n1. The van der Waals surface area contributed by atoms with E-state index in [1.54, 1.807) is 24.3 Å². The minimum Gasteiger partial charge on any atom is -0.489 e. The number of hydrogen-bond donors (Lipinski definition) is 0. The van der Waals surface area contributed by atoms with Gasteiger partial charge in [0.05, 0.1) is 17.0 Å². The van der Waals surface area contributed by atoms with Crippen LogP contribution in [-0.4, -0.2) is 10.9 Å². The topological polar surface area (TPSA) is 72.6 Å². The van der Waals surface area contributed by atoms with Crippen molar-refractivity contribution in [1.82, 2.24) is 4.98 Å². The lowest BCUT2D eigenvalue weighted by molar-refractivity contribution is 0.0970. The van der Waals surface area contributed by atoms with Crippen LogP contribution in [0.25, 0.3) is 11.0 Å². The molecule has 6 rings (SSSR count). The molecule has 0 saturated carbocycles. The molecule has 1 atom stereocenters. The Labute approximate surface area is 217 Å². The van der Waals surface area contributed by atoms with E-state index in [-0.39, 0.29) is 16.8 Å². The van der Waals surface area contributed by atoms with Gasteiger partial charge < -0.3 is 9.15 Å². The largest absolute Gasteiger partial charge is 0.489 e. The second-order valence-electron chi connectivity index (χ2n) is 8.88. The van der Waals surface area contributed by atoms with Gasteiger partial charge in [0.15, 0.2) is 5.43 Å². The molecule has 0 radical (unpaired) electrons. The van der Waals surface area contributed by atoms with Gasteiger partial charge in [0, 0.05) is 10.7 Å². The van der Waals surface area contributed by atoms with Crippen molar-refractivity contribution < 1.29 is 13.9 Å². The second-order valence-corrected chi connectivity index (χ2v) is 9.31. The van der Waals surface area contributed by atoms with E-state index < -0.39 is 11.9 Å². The fraction of sp³-hybridized carbons (Fsp3) is 0.100. The number of aromatic nitrogens is 1. The van der Waals surface area contributed by atoms with Crippen LogP contribution < -0.4 is 15.1 Å². The summed E-state index contributed by atoms with van der Waals surface area (Å²) in [4.78, 5) is 33.6. The van der Waals surface area contributed by atoms with Gasteiger partial charge in [-0.25, -0.2) is 4.98 Å². The average Bonchev–Trinajstić information content (AvgIpc) is 3.21. The number of halogens is 1. The standard InChI is InChI=1S/C30H21ClN2O4/c1-18-7-5-12-25(32-18)33-27(20-10-6-11-22(15-20)36-17-19-8-3-2-4-9-19)26-28(34)23-16-21(31)13-14-24(23)37-29(26)30(33)35/h2-16,27H,17H2,1H3. The maximum atomic E-state index is 13.8. The summed E-state index contributed by atoms with van der Waals surface area (Å²) in [5.74, 6) is 0.623. The highest BCUT2D eigenvalue weighted by Crippen LogP contribution is 2.41. The van der Waals surface area contributed by atoms with Crippen LogP contribution in [0.2, 0.25) is 5.02 Å². The summed E-state index contributed by atoms with van der Waals surface area (Å²) in [7, 11) is 0. The highest BCUT2D eigenvalue weighted by Gasteiger charge is 2.44. The van der Waals surface area contributed by atoms with Crippen LogP contribution in [0, 0.1) is 6.92 Å². The highest BCUT2D eigenvalue weighted by atomic mass is 35.5. The number of pyridine rings is 1. The van der Waals surface area contributed by atoms with Gasteiger partial charge in [0.2, 0.25) is 5.76 Å². The molecule has 0 aliphatic carbocycles. The molecule has 0 N–H and O–H groups in total. The van der Waals surface area contributed by atoms with E-state index >= 15 is 0 Å². The Kier molecular flexibility index (Phi) is 5.74. The number of fused-ring (bicyclic) bond motifs is 2. The van der Waals surface area contributed by atoms with Crippen molar-refractivity contribution in [2.75, 3.05) is 4.90 Å². The average molecular weight is 509 g/mol. The summed E-state index contributed by atoms with van der Waals surface area (Å²) in [6.07, 6.45) is 0. The van der Waals surface area contributed by atoms with Gasteiger partial charge in [-0.2, -0.15) is 0 Å². The lowest BCUT2D eigenvalue weighted by Crippen LogP contribution is -2.30. The van der Waals surface area contributed by atoms with E-state index in [1.165, 1.54) is 4.90 Å². The minimum atomic E-state index is -0.753. The fourth-order valence-corrected chi connectivity index (χ4v) is 4.85. The number of hydrogen-bond acceptors (Lipinski definition) is 5. The molecule has 1 amide bonds. The maximum Gasteiger partial charge on any atom is 0.296 e. The molecule has 7 heteroatoms. The molecule has 1 aliphatic heterocycles. The number of rotatable bonds is 5. The Morgan fingerprint density at radius 2 is 1.76 bits per heavy atom. The molecule has 0 fully saturated rings. The summed E-state index contributed by atoms with van der Waals surface area (Å²) >= 11 is 6.19. The van der Waals surface area contributed by atoms with Gasteiger partial charge in [0.1, 0.15) is 23.8 Å². The summed E-state index contributed by atoms with van der Waals surface area (Å²) in [6, 6.07) is 26.7. The Morgan fingerprint density at radius 1 is 0.946 bits per heavy atom. The zero-order valence-electron chi connectivity index (χ0n) is 19.9. The normalized spacial score (nSPS) is 14.7. The first kappa shape index (κ1) is 23.0. The van der Waals surface area contributed by atoms with Gasteiger partial charge in [-0.05, 0) is 60.5 Å². The zero-order chi connectivity index (χ0) is 25.5. The third-order valence-corrected chi connectivity index (χ3v) is 6.61. The van der Waals surface area contributed by atoms with Gasteiger partial charge in [-0.1, -0.05) is 60.1 Å². The maximum absolute atomic E-state index is 13.8. The Morgan fingerprint density at radius 3 is 2.57 bits per heavy atom. The molecule has 0 bridgehead atoms. The third-order valence-electron chi connectivity index (χ3n) is 6.37. The van der Waals surface area contributed by atoms with Gasteiger partial charge in [-0.15, -0.1) is 0 Å². The predicted molar refractivity (Wildman–Crippen MR) is 142 cm³/mol. The van der Waals surface area contributed by atoms with Crippen LogP contribution in [0.15, 0.2) is 100 Å². The molecular weight excluding hydrogens is 488 g/mol. The van der Waals surface area contributed by atoms with E-state index in [2.05, 4.69) is 4.98 Å². The number of carbonyl (C=O) groups is 1. The molecule has 3 aromatic carbocycles. The molecule has 0 saturated heterocycles. The Balaban J connectivity index is 1.50. The van der Waals surface area contributed by atoms with Crippen molar-refractivity contribution in [1.29, 1.82) is 0 Å². The van der Waals surface area contributed by atoms with E-state index in [0.29, 0.717) is 39.7 Å². The quantitative estimate of drug-likeness (QED) is 0.272. The summed E-state index contributed by atoms with van der Waals surface area (Å²) < 4.78 is 12.1. The zero-order valence-corrected chi connectivity index (χ0v) is 20.6. The van der Waals surface area contributed by atoms with Crippen molar-refractivity contribution in [2.45, 2.75) is 19.6 Å². The van der Waals surface area contributed by atoms with E-state index in [1.807, 2.05) is 73.7 Å². The highest BCUT2D eigenvalue weighted by molar-refractivity contribution is 6.31. The summed E-state index contributed by atoms with van der Waals surface area (Å²) in [5.41, 5.74) is 2.74. The number of anilines is 1. The molecule has 37 heavy (non-hydrogen) atoms. The van der Waals surface area contributed by atoms with Crippen LogP contribution in [0.3, 0.4) is 0 Å².